The second-order valence-electron chi connectivity index (χ2n) is 3.50. The van der Waals surface area contributed by atoms with Gasteiger partial charge in [0, 0.05) is 5.92 Å². The molecule has 0 spiro atoms. The highest BCUT2D eigenvalue weighted by Gasteiger charge is 2.47. The first kappa shape index (κ1) is 6.62. The summed E-state index contributed by atoms with van der Waals surface area (Å²) in [4.78, 5) is 0. The van der Waals surface area contributed by atoms with Gasteiger partial charge in [-0.3, -0.25) is 0 Å². The summed E-state index contributed by atoms with van der Waals surface area (Å²) in [6, 6.07) is 0. The SMILES string of the molecule is CC1C(C)C2OCOCC12. The van der Waals surface area contributed by atoms with Crippen LogP contribution in [-0.4, -0.2) is 19.5 Å². The zero-order valence-corrected chi connectivity index (χ0v) is 6.54. The standard InChI is InChI=1S/C8H14O2/c1-5-6(2)8-7(5)3-9-4-10-8/h5-8H,3-4H2,1-2H3. The molecule has 10 heavy (non-hydrogen) atoms. The normalized spacial score (nSPS) is 53.4. The molecule has 1 saturated heterocycles. The van der Waals surface area contributed by atoms with Crippen LogP contribution in [0.3, 0.4) is 0 Å². The molecule has 2 heteroatoms. The van der Waals surface area contributed by atoms with Crippen LogP contribution < -0.4 is 0 Å². The first-order chi connectivity index (χ1) is 4.80. The molecular weight excluding hydrogens is 128 g/mol. The van der Waals surface area contributed by atoms with Gasteiger partial charge in [0.25, 0.3) is 0 Å². The van der Waals surface area contributed by atoms with Crippen molar-refractivity contribution in [2.24, 2.45) is 17.8 Å². The van der Waals surface area contributed by atoms with Crippen LogP contribution in [0.25, 0.3) is 0 Å². The molecule has 0 bridgehead atoms. The summed E-state index contributed by atoms with van der Waals surface area (Å²) in [5.74, 6) is 2.22. The fourth-order valence-corrected chi connectivity index (χ4v) is 2.07. The van der Waals surface area contributed by atoms with Gasteiger partial charge in [-0.25, -0.2) is 0 Å². The van der Waals surface area contributed by atoms with Crippen LogP contribution in [0.2, 0.25) is 0 Å². The largest absolute Gasteiger partial charge is 0.355 e. The molecule has 1 heterocycles. The Kier molecular flexibility index (Phi) is 1.46. The second kappa shape index (κ2) is 2.21. The lowest BCUT2D eigenvalue weighted by Crippen LogP contribution is -2.54. The van der Waals surface area contributed by atoms with Crippen molar-refractivity contribution >= 4 is 0 Å². The van der Waals surface area contributed by atoms with Gasteiger partial charge in [0.2, 0.25) is 0 Å². The van der Waals surface area contributed by atoms with Crippen molar-refractivity contribution in [3.05, 3.63) is 0 Å². The number of hydrogen-bond donors (Lipinski definition) is 0. The summed E-state index contributed by atoms with van der Waals surface area (Å²) in [5.41, 5.74) is 0. The Balaban J connectivity index is 2.00. The van der Waals surface area contributed by atoms with E-state index in [2.05, 4.69) is 13.8 Å². The summed E-state index contributed by atoms with van der Waals surface area (Å²) in [6.07, 6.45) is 0.503. The van der Waals surface area contributed by atoms with E-state index in [1.54, 1.807) is 0 Å². The van der Waals surface area contributed by atoms with Gasteiger partial charge in [0.1, 0.15) is 6.79 Å². The molecule has 4 atom stereocenters. The molecule has 2 rings (SSSR count). The Morgan fingerprint density at radius 3 is 2.70 bits per heavy atom. The Bertz CT molecular complexity index is 119. The lowest BCUT2D eigenvalue weighted by atomic mass is 9.64. The average Bonchev–Trinajstić information content (AvgIpc) is 2.03. The third-order valence-corrected chi connectivity index (χ3v) is 3.10. The maximum absolute atomic E-state index is 5.44. The molecule has 58 valence electrons. The molecule has 0 aromatic carbocycles. The zero-order chi connectivity index (χ0) is 7.14. The van der Waals surface area contributed by atoms with Crippen molar-refractivity contribution in [2.45, 2.75) is 20.0 Å². The van der Waals surface area contributed by atoms with E-state index < -0.39 is 0 Å². The van der Waals surface area contributed by atoms with Crippen molar-refractivity contribution < 1.29 is 9.47 Å². The Morgan fingerprint density at radius 1 is 1.20 bits per heavy atom. The van der Waals surface area contributed by atoms with Crippen LogP contribution in [0.1, 0.15) is 13.8 Å². The predicted octanol–water partition coefficient (Wildman–Crippen LogP) is 1.26. The Hall–Kier alpha value is -0.0800. The molecule has 1 saturated carbocycles. The van der Waals surface area contributed by atoms with Crippen molar-refractivity contribution in [3.8, 4) is 0 Å². The highest BCUT2D eigenvalue weighted by atomic mass is 16.7. The summed E-state index contributed by atoms with van der Waals surface area (Å²) in [5, 5.41) is 0. The van der Waals surface area contributed by atoms with Gasteiger partial charge in [-0.2, -0.15) is 0 Å². The van der Waals surface area contributed by atoms with Crippen LogP contribution in [0, 0.1) is 17.8 Å². The van der Waals surface area contributed by atoms with Crippen molar-refractivity contribution in [3.63, 3.8) is 0 Å². The lowest BCUT2D eigenvalue weighted by molar-refractivity contribution is -0.249. The predicted molar refractivity (Wildman–Crippen MR) is 37.5 cm³/mol. The minimum Gasteiger partial charge on any atom is -0.355 e. The molecule has 0 N–H and O–H groups in total. The van der Waals surface area contributed by atoms with Crippen LogP contribution in [-0.2, 0) is 9.47 Å². The van der Waals surface area contributed by atoms with Crippen LogP contribution in [0.5, 0.6) is 0 Å². The maximum Gasteiger partial charge on any atom is 0.147 e. The third-order valence-electron chi connectivity index (χ3n) is 3.10. The highest BCUT2D eigenvalue weighted by Crippen LogP contribution is 2.43. The smallest absolute Gasteiger partial charge is 0.147 e. The van der Waals surface area contributed by atoms with Gasteiger partial charge in [-0.1, -0.05) is 13.8 Å². The molecule has 0 aromatic rings. The van der Waals surface area contributed by atoms with E-state index in [0.29, 0.717) is 18.8 Å². The van der Waals surface area contributed by atoms with Gasteiger partial charge in [0.15, 0.2) is 0 Å². The molecule has 1 aliphatic carbocycles. The third kappa shape index (κ3) is 0.722. The van der Waals surface area contributed by atoms with E-state index >= 15 is 0 Å². The molecule has 2 nitrogen and oxygen atoms in total. The Labute approximate surface area is 61.5 Å². The van der Waals surface area contributed by atoms with E-state index in [-0.39, 0.29) is 0 Å². The van der Waals surface area contributed by atoms with Gasteiger partial charge < -0.3 is 9.47 Å². The quantitative estimate of drug-likeness (QED) is 0.507. The first-order valence-electron chi connectivity index (χ1n) is 4.00. The lowest BCUT2D eigenvalue weighted by Gasteiger charge is -2.50. The number of fused-ring (bicyclic) bond motifs is 1. The van der Waals surface area contributed by atoms with Crippen LogP contribution in [0.15, 0.2) is 0 Å². The molecular formula is C8H14O2. The van der Waals surface area contributed by atoms with Gasteiger partial charge >= 0.3 is 0 Å². The average molecular weight is 142 g/mol. The zero-order valence-electron chi connectivity index (χ0n) is 6.54. The summed E-state index contributed by atoms with van der Waals surface area (Å²) < 4.78 is 10.6. The fraction of sp³-hybridized carbons (Fsp3) is 1.00. The van der Waals surface area contributed by atoms with E-state index in [1.807, 2.05) is 0 Å². The summed E-state index contributed by atoms with van der Waals surface area (Å²) in [7, 11) is 0. The van der Waals surface area contributed by atoms with Gasteiger partial charge in [0.05, 0.1) is 12.7 Å². The number of hydrogen-bond acceptors (Lipinski definition) is 2. The van der Waals surface area contributed by atoms with E-state index in [4.69, 9.17) is 9.47 Å². The highest BCUT2D eigenvalue weighted by molar-refractivity contribution is 4.94. The van der Waals surface area contributed by atoms with Crippen LogP contribution >= 0.6 is 0 Å². The van der Waals surface area contributed by atoms with E-state index in [1.165, 1.54) is 0 Å². The van der Waals surface area contributed by atoms with Crippen molar-refractivity contribution in [1.82, 2.24) is 0 Å². The Morgan fingerprint density at radius 2 is 2.00 bits per heavy atom. The fourth-order valence-electron chi connectivity index (χ4n) is 2.07. The molecule has 0 amide bonds. The summed E-state index contributed by atoms with van der Waals surface area (Å²) in [6.45, 7) is 5.97. The van der Waals surface area contributed by atoms with Crippen molar-refractivity contribution in [1.29, 1.82) is 0 Å². The maximum atomic E-state index is 5.44. The molecule has 2 aliphatic rings. The molecule has 2 fully saturated rings. The molecule has 1 aliphatic heterocycles. The van der Waals surface area contributed by atoms with Gasteiger partial charge in [-0.15, -0.1) is 0 Å². The molecule has 0 radical (unpaired) electrons. The number of ether oxygens (including phenoxy) is 2. The van der Waals surface area contributed by atoms with Gasteiger partial charge in [-0.05, 0) is 11.8 Å². The molecule has 0 aromatic heterocycles. The minimum absolute atomic E-state index is 0.503. The summed E-state index contributed by atoms with van der Waals surface area (Å²) >= 11 is 0. The van der Waals surface area contributed by atoms with Crippen molar-refractivity contribution in [2.75, 3.05) is 13.4 Å². The minimum atomic E-state index is 0.503. The topological polar surface area (TPSA) is 18.5 Å². The van der Waals surface area contributed by atoms with E-state index in [0.717, 1.165) is 18.4 Å². The monoisotopic (exact) mass is 142 g/mol. The van der Waals surface area contributed by atoms with Crippen LogP contribution in [0.4, 0.5) is 0 Å². The second-order valence-corrected chi connectivity index (χ2v) is 3.50. The number of rotatable bonds is 0. The van der Waals surface area contributed by atoms with E-state index in [9.17, 15) is 0 Å². The first-order valence-corrected chi connectivity index (χ1v) is 4.00. The molecule has 4 unspecified atom stereocenters.